The SMILES string of the molecule is O=C1CN(c2c(O)cc3c(c2F)C[C@H](NCc2ccsc2)CC3)S(=O)(=O)N1. The smallest absolute Gasteiger partial charge is 0.326 e. The number of halogens is 1. The van der Waals surface area contributed by atoms with Crippen LogP contribution in [0.3, 0.4) is 0 Å². The number of carbonyl (C=O) groups is 1. The molecule has 2 aliphatic rings. The number of amides is 1. The summed E-state index contributed by atoms with van der Waals surface area (Å²) in [7, 11) is -4.19. The molecule has 1 aliphatic carbocycles. The number of rotatable bonds is 4. The molecular formula is C17H18FN3O4S2. The van der Waals surface area contributed by atoms with E-state index in [0.717, 1.165) is 12.0 Å². The van der Waals surface area contributed by atoms with Gasteiger partial charge < -0.3 is 10.4 Å². The van der Waals surface area contributed by atoms with Crippen LogP contribution in [0.2, 0.25) is 0 Å². The number of phenols is 1. The van der Waals surface area contributed by atoms with E-state index in [0.29, 0.717) is 34.8 Å². The van der Waals surface area contributed by atoms with Gasteiger partial charge >= 0.3 is 10.2 Å². The number of nitrogens with zero attached hydrogens (tertiary/aromatic N) is 1. The zero-order valence-corrected chi connectivity index (χ0v) is 15.9. The average molecular weight is 411 g/mol. The number of carbonyl (C=O) groups excluding carboxylic acids is 1. The van der Waals surface area contributed by atoms with Crippen molar-refractivity contribution in [2.75, 3.05) is 10.8 Å². The summed E-state index contributed by atoms with van der Waals surface area (Å²) >= 11 is 1.61. The summed E-state index contributed by atoms with van der Waals surface area (Å²) in [5, 5.41) is 17.7. The number of hydrogen-bond acceptors (Lipinski definition) is 6. The van der Waals surface area contributed by atoms with E-state index in [1.807, 2.05) is 16.8 Å². The van der Waals surface area contributed by atoms with Crippen LogP contribution in [0, 0.1) is 5.82 Å². The fourth-order valence-corrected chi connectivity index (χ4v) is 5.38. The van der Waals surface area contributed by atoms with Crippen LogP contribution in [0.1, 0.15) is 23.1 Å². The molecule has 0 bridgehead atoms. The van der Waals surface area contributed by atoms with Gasteiger partial charge in [-0.3, -0.25) is 4.79 Å². The molecule has 1 aliphatic heterocycles. The number of thiophene rings is 1. The number of hydrogen-bond donors (Lipinski definition) is 3. The topological polar surface area (TPSA) is 98.7 Å². The van der Waals surface area contributed by atoms with Gasteiger partial charge in [-0.2, -0.15) is 19.8 Å². The number of aromatic hydroxyl groups is 1. The summed E-state index contributed by atoms with van der Waals surface area (Å²) in [5.74, 6) is -2.02. The molecule has 144 valence electrons. The summed E-state index contributed by atoms with van der Waals surface area (Å²) < 4.78 is 41.7. The van der Waals surface area contributed by atoms with Crippen LogP contribution in [-0.4, -0.2) is 32.0 Å². The van der Waals surface area contributed by atoms with Crippen molar-refractivity contribution in [3.05, 3.63) is 45.4 Å². The van der Waals surface area contributed by atoms with E-state index < -0.39 is 39.9 Å². The Kier molecular flexibility index (Phi) is 4.57. The Labute approximate surface area is 160 Å². The van der Waals surface area contributed by atoms with Crippen LogP contribution < -0.4 is 14.3 Å². The molecule has 1 amide bonds. The first-order valence-corrected chi connectivity index (χ1v) is 10.8. The molecule has 1 fully saturated rings. The minimum atomic E-state index is -4.19. The first-order chi connectivity index (χ1) is 12.8. The second-order valence-electron chi connectivity index (χ2n) is 6.69. The second-order valence-corrected chi connectivity index (χ2v) is 9.06. The fourth-order valence-electron chi connectivity index (χ4n) is 3.55. The molecular weight excluding hydrogens is 393 g/mol. The Morgan fingerprint density at radius 1 is 1.44 bits per heavy atom. The van der Waals surface area contributed by atoms with Crippen molar-refractivity contribution in [1.29, 1.82) is 0 Å². The zero-order valence-electron chi connectivity index (χ0n) is 14.2. The first-order valence-electron chi connectivity index (χ1n) is 8.46. The molecule has 0 saturated carbocycles. The molecule has 7 nitrogen and oxygen atoms in total. The number of benzene rings is 1. The number of phenolic OH excluding ortho intramolecular Hbond substituents is 1. The number of nitrogens with one attached hydrogen (secondary N) is 2. The molecule has 1 aromatic heterocycles. The van der Waals surface area contributed by atoms with Gasteiger partial charge in [0.1, 0.15) is 18.0 Å². The Hall–Kier alpha value is -2.17. The van der Waals surface area contributed by atoms with E-state index >= 15 is 4.39 Å². The van der Waals surface area contributed by atoms with Crippen LogP contribution in [0.4, 0.5) is 10.1 Å². The molecule has 1 aromatic carbocycles. The lowest BCUT2D eigenvalue weighted by atomic mass is 9.87. The van der Waals surface area contributed by atoms with Gasteiger partial charge in [0, 0.05) is 12.6 Å². The van der Waals surface area contributed by atoms with Crippen molar-refractivity contribution in [3.8, 4) is 5.75 Å². The van der Waals surface area contributed by atoms with E-state index in [4.69, 9.17) is 0 Å². The minimum absolute atomic E-state index is 0.0410. The molecule has 2 heterocycles. The highest BCUT2D eigenvalue weighted by molar-refractivity contribution is 7.92. The minimum Gasteiger partial charge on any atom is -0.506 e. The zero-order chi connectivity index (χ0) is 19.2. The number of anilines is 1. The highest BCUT2D eigenvalue weighted by atomic mass is 32.2. The maximum Gasteiger partial charge on any atom is 0.326 e. The summed E-state index contributed by atoms with van der Waals surface area (Å²) in [5.41, 5.74) is 1.74. The molecule has 1 saturated heterocycles. The highest BCUT2D eigenvalue weighted by Crippen LogP contribution is 2.39. The average Bonchev–Trinajstić information content (AvgIpc) is 3.21. The standard InChI is InChI=1S/C17H18FN3O4S2/c18-16-13-6-12(19-7-10-3-4-26-9-10)2-1-11(13)5-14(22)17(16)21-8-15(23)20-27(21,24)25/h3-5,9,12,19,22H,1-2,6-8H2,(H,20,23)/t12-/m1/s1. The molecule has 0 unspecified atom stereocenters. The molecule has 1 atom stereocenters. The van der Waals surface area contributed by atoms with Gasteiger partial charge in [0.25, 0.3) is 5.91 Å². The molecule has 3 N–H and O–H groups in total. The van der Waals surface area contributed by atoms with Gasteiger partial charge in [0.15, 0.2) is 5.82 Å². The van der Waals surface area contributed by atoms with Crippen LogP contribution in [0.25, 0.3) is 0 Å². The predicted molar refractivity (Wildman–Crippen MR) is 99.4 cm³/mol. The molecule has 0 radical (unpaired) electrons. The maximum atomic E-state index is 15.2. The third-order valence-electron chi connectivity index (χ3n) is 4.87. The number of fused-ring (bicyclic) bond motifs is 1. The van der Waals surface area contributed by atoms with Gasteiger partial charge in [-0.15, -0.1) is 0 Å². The van der Waals surface area contributed by atoms with Crippen molar-refractivity contribution >= 4 is 33.1 Å². The van der Waals surface area contributed by atoms with Crippen molar-refractivity contribution in [3.63, 3.8) is 0 Å². The lowest BCUT2D eigenvalue weighted by Crippen LogP contribution is -2.35. The molecule has 4 rings (SSSR count). The lowest BCUT2D eigenvalue weighted by Gasteiger charge is -2.28. The normalized spacial score (nSPS) is 21.1. The van der Waals surface area contributed by atoms with Crippen LogP contribution in [0.15, 0.2) is 22.9 Å². The van der Waals surface area contributed by atoms with Crippen molar-refractivity contribution < 1.29 is 22.7 Å². The quantitative estimate of drug-likeness (QED) is 0.707. The van der Waals surface area contributed by atoms with E-state index in [9.17, 15) is 18.3 Å². The lowest BCUT2D eigenvalue weighted by molar-refractivity contribution is -0.117. The predicted octanol–water partition coefficient (Wildman–Crippen LogP) is 1.42. The van der Waals surface area contributed by atoms with Gasteiger partial charge in [0.05, 0.1) is 0 Å². The number of aryl methyl sites for hydroxylation is 1. The third-order valence-corrected chi connectivity index (χ3v) is 6.98. The van der Waals surface area contributed by atoms with E-state index in [-0.39, 0.29) is 6.04 Å². The van der Waals surface area contributed by atoms with Crippen molar-refractivity contribution in [2.24, 2.45) is 0 Å². The van der Waals surface area contributed by atoms with E-state index in [1.165, 1.54) is 6.07 Å². The summed E-state index contributed by atoms with van der Waals surface area (Å²) in [6.45, 7) is 0.125. The van der Waals surface area contributed by atoms with Gasteiger partial charge in [-0.05, 0) is 58.8 Å². The molecule has 27 heavy (non-hydrogen) atoms. The van der Waals surface area contributed by atoms with Crippen LogP contribution in [-0.2, 0) is 34.4 Å². The van der Waals surface area contributed by atoms with E-state index in [1.54, 1.807) is 16.1 Å². The Morgan fingerprint density at radius 3 is 2.93 bits per heavy atom. The summed E-state index contributed by atoms with van der Waals surface area (Å²) in [6.07, 6.45) is 1.75. The molecule has 10 heteroatoms. The summed E-state index contributed by atoms with van der Waals surface area (Å²) in [4.78, 5) is 11.5. The first kappa shape index (κ1) is 18.2. The van der Waals surface area contributed by atoms with Crippen molar-refractivity contribution in [2.45, 2.75) is 31.8 Å². The fraction of sp³-hybridized carbons (Fsp3) is 0.353. The molecule has 2 aromatic rings. The second kappa shape index (κ2) is 6.77. The van der Waals surface area contributed by atoms with Crippen molar-refractivity contribution in [1.82, 2.24) is 10.0 Å². The third kappa shape index (κ3) is 3.40. The Bertz CT molecular complexity index is 992. The Morgan fingerprint density at radius 2 is 2.26 bits per heavy atom. The molecule has 0 spiro atoms. The highest BCUT2D eigenvalue weighted by Gasteiger charge is 2.39. The summed E-state index contributed by atoms with van der Waals surface area (Å²) in [6, 6.07) is 3.47. The van der Waals surface area contributed by atoms with Gasteiger partial charge in [-0.1, -0.05) is 0 Å². The largest absolute Gasteiger partial charge is 0.506 e. The van der Waals surface area contributed by atoms with Crippen LogP contribution in [0.5, 0.6) is 5.75 Å². The monoisotopic (exact) mass is 411 g/mol. The van der Waals surface area contributed by atoms with E-state index in [2.05, 4.69) is 5.32 Å². The Balaban J connectivity index is 1.62. The maximum absolute atomic E-state index is 15.2. The van der Waals surface area contributed by atoms with Gasteiger partial charge in [0.2, 0.25) is 0 Å². The van der Waals surface area contributed by atoms with Gasteiger partial charge in [-0.25, -0.2) is 13.4 Å². The van der Waals surface area contributed by atoms with Crippen LogP contribution >= 0.6 is 11.3 Å².